The molecule has 5 nitrogen and oxygen atoms in total. The van der Waals surface area contributed by atoms with Crippen LogP contribution in [0, 0.1) is 5.92 Å². The molecule has 2 rings (SSSR count). The van der Waals surface area contributed by atoms with E-state index in [4.69, 9.17) is 12.2 Å². The predicted octanol–water partition coefficient (Wildman–Crippen LogP) is 1.37. The number of rotatable bonds is 4. The zero-order valence-electron chi connectivity index (χ0n) is 12.0. The summed E-state index contributed by atoms with van der Waals surface area (Å²) >= 11 is 6.20. The number of benzene rings is 1. The van der Waals surface area contributed by atoms with Crippen molar-refractivity contribution >= 4 is 46.3 Å². The molecule has 0 saturated carbocycles. The molecular formula is C15H14NO4S2-. The lowest BCUT2D eigenvalue weighted by molar-refractivity contribution is -0.311. The summed E-state index contributed by atoms with van der Waals surface area (Å²) in [5, 5.41) is 20.6. The minimum atomic E-state index is -1.32. The summed E-state index contributed by atoms with van der Waals surface area (Å²) in [6.45, 7) is 3.39. The van der Waals surface area contributed by atoms with Crippen LogP contribution in [0.1, 0.15) is 19.4 Å². The van der Waals surface area contributed by atoms with Crippen LogP contribution in [0.4, 0.5) is 0 Å². The number of phenols is 1. The third-order valence-electron chi connectivity index (χ3n) is 3.17. The number of aromatic hydroxyl groups is 1. The maximum absolute atomic E-state index is 12.4. The van der Waals surface area contributed by atoms with Gasteiger partial charge in [-0.25, -0.2) is 0 Å². The molecule has 116 valence electrons. The molecule has 0 unspecified atom stereocenters. The van der Waals surface area contributed by atoms with Gasteiger partial charge in [0, 0.05) is 0 Å². The minimum Gasteiger partial charge on any atom is -0.548 e. The molecule has 0 aliphatic carbocycles. The zero-order chi connectivity index (χ0) is 16.4. The number of carbonyl (C=O) groups is 2. The van der Waals surface area contributed by atoms with Gasteiger partial charge in [-0.1, -0.05) is 50.0 Å². The fourth-order valence-corrected chi connectivity index (χ4v) is 3.45. The number of hydrogen-bond acceptors (Lipinski definition) is 6. The van der Waals surface area contributed by atoms with E-state index >= 15 is 0 Å². The van der Waals surface area contributed by atoms with Crippen LogP contribution in [-0.4, -0.2) is 32.2 Å². The first-order chi connectivity index (χ1) is 10.3. The van der Waals surface area contributed by atoms with Gasteiger partial charge < -0.3 is 15.0 Å². The van der Waals surface area contributed by atoms with E-state index in [1.165, 1.54) is 12.1 Å². The summed E-state index contributed by atoms with van der Waals surface area (Å²) in [4.78, 5) is 25.2. The van der Waals surface area contributed by atoms with Crippen molar-refractivity contribution in [2.45, 2.75) is 19.9 Å². The Balaban J connectivity index is 2.32. The molecular weight excluding hydrogens is 322 g/mol. The van der Waals surface area contributed by atoms with E-state index in [9.17, 15) is 19.8 Å². The molecule has 1 saturated heterocycles. The minimum absolute atomic E-state index is 0.126. The molecule has 1 fully saturated rings. The molecule has 1 aliphatic heterocycles. The average molecular weight is 336 g/mol. The van der Waals surface area contributed by atoms with Crippen molar-refractivity contribution < 1.29 is 19.8 Å². The van der Waals surface area contributed by atoms with E-state index in [1.807, 2.05) is 0 Å². The molecule has 0 aromatic heterocycles. The Morgan fingerprint density at radius 1 is 1.36 bits per heavy atom. The van der Waals surface area contributed by atoms with Gasteiger partial charge in [-0.3, -0.25) is 9.69 Å². The van der Waals surface area contributed by atoms with E-state index in [-0.39, 0.29) is 16.0 Å². The van der Waals surface area contributed by atoms with Crippen molar-refractivity contribution in [2.75, 3.05) is 0 Å². The lowest BCUT2D eigenvalue weighted by Crippen LogP contribution is -2.52. The first-order valence-corrected chi connectivity index (χ1v) is 7.80. The molecule has 0 radical (unpaired) electrons. The van der Waals surface area contributed by atoms with Crippen LogP contribution in [0.2, 0.25) is 0 Å². The monoisotopic (exact) mass is 336 g/mol. The average Bonchev–Trinajstić information content (AvgIpc) is 2.69. The van der Waals surface area contributed by atoms with Crippen molar-refractivity contribution in [3.63, 3.8) is 0 Å². The molecule has 0 spiro atoms. The van der Waals surface area contributed by atoms with E-state index in [0.29, 0.717) is 10.5 Å². The number of carboxylic acid groups (broad SMARTS) is 1. The highest BCUT2D eigenvalue weighted by Gasteiger charge is 2.38. The number of phenolic OH excluding ortho intramolecular Hbond substituents is 1. The number of nitrogens with zero attached hydrogens (tertiary/aromatic N) is 1. The van der Waals surface area contributed by atoms with Gasteiger partial charge >= 0.3 is 0 Å². The molecule has 1 atom stereocenters. The normalized spacial score (nSPS) is 18.3. The number of carbonyl (C=O) groups excluding carboxylic acids is 2. The summed E-state index contributed by atoms with van der Waals surface area (Å²) < 4.78 is 0.206. The van der Waals surface area contributed by atoms with Gasteiger partial charge in [0.25, 0.3) is 5.91 Å². The summed E-state index contributed by atoms with van der Waals surface area (Å²) in [5.74, 6) is -1.95. The lowest BCUT2D eigenvalue weighted by Gasteiger charge is -2.30. The van der Waals surface area contributed by atoms with Gasteiger partial charge in [0.2, 0.25) is 0 Å². The highest BCUT2D eigenvalue weighted by Crippen LogP contribution is 2.35. The fraction of sp³-hybridized carbons (Fsp3) is 0.267. The van der Waals surface area contributed by atoms with Crippen LogP contribution >= 0.6 is 24.0 Å². The molecule has 1 aromatic rings. The second kappa shape index (κ2) is 6.50. The molecule has 1 aliphatic rings. The van der Waals surface area contributed by atoms with Crippen LogP contribution in [-0.2, 0) is 9.59 Å². The highest BCUT2D eigenvalue weighted by molar-refractivity contribution is 8.26. The largest absolute Gasteiger partial charge is 0.548 e. The second-order valence-electron chi connectivity index (χ2n) is 5.15. The third-order valence-corrected chi connectivity index (χ3v) is 4.50. The van der Waals surface area contributed by atoms with Crippen molar-refractivity contribution in [3.05, 3.63) is 34.7 Å². The molecule has 1 N–H and O–H groups in total. The molecule has 1 heterocycles. The Morgan fingerprint density at radius 3 is 2.45 bits per heavy atom. The molecule has 0 bridgehead atoms. The first kappa shape index (κ1) is 16.5. The maximum Gasteiger partial charge on any atom is 0.266 e. The lowest BCUT2D eigenvalue weighted by atomic mass is 10.0. The van der Waals surface area contributed by atoms with Gasteiger partial charge in [0.1, 0.15) is 10.1 Å². The SMILES string of the molecule is CC(C)[C@H](C(=O)[O-])N1C(=O)/C(=C\c2ccc(O)cc2)SC1=S. The molecule has 1 aromatic carbocycles. The summed E-state index contributed by atoms with van der Waals surface area (Å²) in [5.41, 5.74) is 0.716. The number of amides is 1. The Kier molecular flexibility index (Phi) is 4.87. The summed E-state index contributed by atoms with van der Waals surface area (Å²) in [6, 6.07) is 5.23. The van der Waals surface area contributed by atoms with Crippen molar-refractivity contribution in [1.82, 2.24) is 4.90 Å². The number of carboxylic acids is 1. The highest BCUT2D eigenvalue weighted by atomic mass is 32.2. The van der Waals surface area contributed by atoms with Gasteiger partial charge in [-0.15, -0.1) is 0 Å². The van der Waals surface area contributed by atoms with Crippen LogP contribution in [0.25, 0.3) is 6.08 Å². The standard InChI is InChI=1S/C15H15NO4S2/c1-8(2)12(14(19)20)16-13(18)11(22-15(16)21)7-9-3-5-10(17)6-4-9/h3-8,12,17H,1-2H3,(H,19,20)/p-1/b11-7+/t12-/m1/s1. The number of thiocarbonyl (C=S) groups is 1. The predicted molar refractivity (Wildman–Crippen MR) is 86.8 cm³/mol. The Hall–Kier alpha value is -1.86. The van der Waals surface area contributed by atoms with Crippen LogP contribution in [0.5, 0.6) is 5.75 Å². The zero-order valence-corrected chi connectivity index (χ0v) is 13.6. The van der Waals surface area contributed by atoms with Crippen LogP contribution in [0.3, 0.4) is 0 Å². The molecule has 1 amide bonds. The van der Waals surface area contributed by atoms with E-state index < -0.39 is 17.9 Å². The Labute approximate surface area is 137 Å². The van der Waals surface area contributed by atoms with Gasteiger partial charge in [-0.2, -0.15) is 0 Å². The topological polar surface area (TPSA) is 80.7 Å². The van der Waals surface area contributed by atoms with Gasteiger partial charge in [-0.05, 0) is 29.7 Å². The van der Waals surface area contributed by atoms with Crippen molar-refractivity contribution in [2.24, 2.45) is 5.92 Å². The maximum atomic E-state index is 12.4. The van der Waals surface area contributed by atoms with Crippen LogP contribution in [0.15, 0.2) is 29.2 Å². The third kappa shape index (κ3) is 3.31. The summed E-state index contributed by atoms with van der Waals surface area (Å²) in [6.07, 6.45) is 1.62. The smallest absolute Gasteiger partial charge is 0.266 e. The van der Waals surface area contributed by atoms with Crippen LogP contribution < -0.4 is 5.11 Å². The fourth-order valence-electron chi connectivity index (χ4n) is 2.12. The number of hydrogen-bond donors (Lipinski definition) is 1. The van der Waals surface area contributed by atoms with E-state index in [2.05, 4.69) is 0 Å². The molecule has 22 heavy (non-hydrogen) atoms. The van der Waals surface area contributed by atoms with Crippen molar-refractivity contribution in [3.8, 4) is 5.75 Å². The summed E-state index contributed by atoms with van der Waals surface area (Å²) in [7, 11) is 0. The van der Waals surface area contributed by atoms with E-state index in [1.54, 1.807) is 32.1 Å². The number of aliphatic carboxylic acids is 1. The van der Waals surface area contributed by atoms with Crippen molar-refractivity contribution in [1.29, 1.82) is 0 Å². The van der Waals surface area contributed by atoms with Gasteiger partial charge in [0.15, 0.2) is 0 Å². The van der Waals surface area contributed by atoms with Gasteiger partial charge in [0.05, 0.1) is 16.9 Å². The Bertz CT molecular complexity index is 652. The Morgan fingerprint density at radius 2 is 1.95 bits per heavy atom. The first-order valence-electron chi connectivity index (χ1n) is 6.58. The second-order valence-corrected chi connectivity index (χ2v) is 6.83. The van der Waals surface area contributed by atoms with E-state index in [0.717, 1.165) is 16.7 Å². The number of thioether (sulfide) groups is 1. The molecule has 7 heteroatoms. The quantitative estimate of drug-likeness (QED) is 0.661.